The van der Waals surface area contributed by atoms with Gasteiger partial charge in [-0.2, -0.15) is 4.80 Å². The fourth-order valence-electron chi connectivity index (χ4n) is 2.36. The Labute approximate surface area is 96.6 Å². The van der Waals surface area contributed by atoms with E-state index >= 15 is 0 Å². The first-order valence-corrected chi connectivity index (χ1v) is 6.11. The summed E-state index contributed by atoms with van der Waals surface area (Å²) in [6.45, 7) is 5.43. The quantitative estimate of drug-likeness (QED) is 0.834. The second-order valence-electron chi connectivity index (χ2n) is 5.04. The lowest BCUT2D eigenvalue weighted by Gasteiger charge is -2.32. The van der Waals surface area contributed by atoms with Gasteiger partial charge in [0.1, 0.15) is 0 Å². The van der Waals surface area contributed by atoms with E-state index in [9.17, 15) is 0 Å². The van der Waals surface area contributed by atoms with Crippen molar-refractivity contribution in [3.05, 3.63) is 5.82 Å². The number of nitrogens with one attached hydrogen (secondary N) is 1. The van der Waals surface area contributed by atoms with E-state index < -0.39 is 0 Å². The van der Waals surface area contributed by atoms with Gasteiger partial charge in [0.05, 0.1) is 13.6 Å². The lowest BCUT2D eigenvalue weighted by Crippen LogP contribution is -2.36. The summed E-state index contributed by atoms with van der Waals surface area (Å²) in [5.74, 6) is 2.47. The molecule has 0 amide bonds. The maximum absolute atomic E-state index is 4.16. The first kappa shape index (κ1) is 11.5. The van der Waals surface area contributed by atoms with Crippen LogP contribution in [0.4, 0.5) is 0 Å². The normalized spacial score (nSPS) is 30.6. The number of aromatic nitrogens is 4. The fraction of sp³-hybridized carbons (Fsp3) is 0.909. The number of nitrogens with zero attached hydrogens (tertiary/aromatic N) is 4. The molecule has 1 saturated carbocycles. The summed E-state index contributed by atoms with van der Waals surface area (Å²) in [4.78, 5) is 1.50. The van der Waals surface area contributed by atoms with E-state index in [1.807, 2.05) is 0 Å². The molecule has 0 aliphatic heterocycles. The fourth-order valence-corrected chi connectivity index (χ4v) is 2.36. The van der Waals surface area contributed by atoms with Gasteiger partial charge in [-0.15, -0.1) is 10.2 Å². The summed E-state index contributed by atoms with van der Waals surface area (Å²) in [5, 5.41) is 15.5. The average Bonchev–Trinajstić information content (AvgIpc) is 2.66. The zero-order chi connectivity index (χ0) is 11.5. The van der Waals surface area contributed by atoms with Crippen molar-refractivity contribution in [1.29, 1.82) is 0 Å². The van der Waals surface area contributed by atoms with E-state index in [0.717, 1.165) is 24.2 Å². The molecule has 5 nitrogen and oxygen atoms in total. The Kier molecular flexibility index (Phi) is 3.53. The van der Waals surface area contributed by atoms with Crippen LogP contribution in [0.2, 0.25) is 0 Å². The van der Waals surface area contributed by atoms with Crippen molar-refractivity contribution < 1.29 is 0 Å². The van der Waals surface area contributed by atoms with Crippen molar-refractivity contribution in [3.8, 4) is 0 Å². The van der Waals surface area contributed by atoms with E-state index in [-0.39, 0.29) is 0 Å². The first-order chi connectivity index (χ1) is 7.65. The van der Waals surface area contributed by atoms with Gasteiger partial charge in [-0.1, -0.05) is 13.8 Å². The molecule has 1 aliphatic rings. The van der Waals surface area contributed by atoms with Crippen molar-refractivity contribution in [2.75, 3.05) is 0 Å². The SMILES string of the molecule is CC1CCC(NCc2nnn(C)n2)CC1C. The number of hydrogen-bond acceptors (Lipinski definition) is 4. The molecule has 0 saturated heterocycles. The molecule has 1 aromatic rings. The van der Waals surface area contributed by atoms with Crippen LogP contribution in [0.3, 0.4) is 0 Å². The van der Waals surface area contributed by atoms with Crippen LogP contribution in [0.15, 0.2) is 0 Å². The van der Waals surface area contributed by atoms with Gasteiger partial charge < -0.3 is 5.32 Å². The van der Waals surface area contributed by atoms with Gasteiger partial charge in [-0.05, 0) is 36.3 Å². The van der Waals surface area contributed by atoms with E-state index in [2.05, 4.69) is 34.6 Å². The highest BCUT2D eigenvalue weighted by Crippen LogP contribution is 2.29. The summed E-state index contributed by atoms with van der Waals surface area (Å²) < 4.78 is 0. The van der Waals surface area contributed by atoms with Gasteiger partial charge in [-0.25, -0.2) is 0 Å². The van der Waals surface area contributed by atoms with Crippen LogP contribution in [-0.4, -0.2) is 26.2 Å². The van der Waals surface area contributed by atoms with Crippen LogP contribution in [-0.2, 0) is 13.6 Å². The summed E-state index contributed by atoms with van der Waals surface area (Å²) in [6, 6.07) is 0.620. The van der Waals surface area contributed by atoms with Gasteiger partial charge >= 0.3 is 0 Å². The highest BCUT2D eigenvalue weighted by atomic mass is 15.6. The molecule has 2 rings (SSSR count). The number of tetrazole rings is 1. The smallest absolute Gasteiger partial charge is 0.188 e. The number of hydrogen-bond donors (Lipinski definition) is 1. The van der Waals surface area contributed by atoms with Crippen molar-refractivity contribution in [2.45, 2.75) is 45.7 Å². The minimum absolute atomic E-state index is 0.620. The van der Waals surface area contributed by atoms with Crippen LogP contribution in [0, 0.1) is 11.8 Å². The topological polar surface area (TPSA) is 55.6 Å². The molecule has 1 fully saturated rings. The molecule has 3 atom stereocenters. The second kappa shape index (κ2) is 4.91. The molecule has 0 bridgehead atoms. The Morgan fingerprint density at radius 2 is 2.12 bits per heavy atom. The lowest BCUT2D eigenvalue weighted by molar-refractivity contribution is 0.225. The third-order valence-electron chi connectivity index (χ3n) is 3.70. The molecule has 0 aromatic carbocycles. The zero-order valence-electron chi connectivity index (χ0n) is 10.3. The largest absolute Gasteiger partial charge is 0.307 e. The molecule has 0 radical (unpaired) electrons. The summed E-state index contributed by atoms with van der Waals surface area (Å²) in [5.41, 5.74) is 0. The van der Waals surface area contributed by atoms with Crippen LogP contribution in [0.25, 0.3) is 0 Å². The molecule has 16 heavy (non-hydrogen) atoms. The molecule has 90 valence electrons. The number of rotatable bonds is 3. The van der Waals surface area contributed by atoms with Crippen molar-refractivity contribution in [1.82, 2.24) is 25.5 Å². The number of aryl methyl sites for hydroxylation is 1. The molecule has 0 spiro atoms. The van der Waals surface area contributed by atoms with Gasteiger partial charge in [-0.3, -0.25) is 0 Å². The van der Waals surface area contributed by atoms with Crippen LogP contribution in [0.5, 0.6) is 0 Å². The summed E-state index contributed by atoms with van der Waals surface area (Å²) >= 11 is 0. The Bertz CT molecular complexity index is 335. The monoisotopic (exact) mass is 223 g/mol. The maximum Gasteiger partial charge on any atom is 0.188 e. The third kappa shape index (κ3) is 2.78. The Morgan fingerprint density at radius 1 is 1.31 bits per heavy atom. The van der Waals surface area contributed by atoms with E-state index in [4.69, 9.17) is 0 Å². The highest BCUT2D eigenvalue weighted by molar-refractivity contribution is 4.83. The molecule has 1 aliphatic carbocycles. The van der Waals surface area contributed by atoms with E-state index in [0.29, 0.717) is 6.04 Å². The molecular formula is C11H21N5. The van der Waals surface area contributed by atoms with Gasteiger partial charge in [0.25, 0.3) is 0 Å². The Morgan fingerprint density at radius 3 is 2.75 bits per heavy atom. The van der Waals surface area contributed by atoms with Crippen molar-refractivity contribution in [2.24, 2.45) is 18.9 Å². The standard InChI is InChI=1S/C11H21N5/c1-8-4-5-10(6-9(8)2)12-7-11-13-15-16(3)14-11/h8-10,12H,4-7H2,1-3H3. The van der Waals surface area contributed by atoms with Crippen LogP contribution < -0.4 is 5.32 Å². The van der Waals surface area contributed by atoms with E-state index in [1.54, 1.807) is 7.05 Å². The minimum Gasteiger partial charge on any atom is -0.307 e. The highest BCUT2D eigenvalue weighted by Gasteiger charge is 2.24. The van der Waals surface area contributed by atoms with E-state index in [1.165, 1.54) is 24.1 Å². The van der Waals surface area contributed by atoms with Gasteiger partial charge in [0.15, 0.2) is 5.82 Å². The van der Waals surface area contributed by atoms with Crippen LogP contribution in [0.1, 0.15) is 38.9 Å². The third-order valence-corrected chi connectivity index (χ3v) is 3.70. The zero-order valence-corrected chi connectivity index (χ0v) is 10.3. The molecule has 1 aromatic heterocycles. The molecular weight excluding hydrogens is 202 g/mol. The molecule has 1 heterocycles. The van der Waals surface area contributed by atoms with Gasteiger partial charge in [0.2, 0.25) is 0 Å². The van der Waals surface area contributed by atoms with Crippen molar-refractivity contribution >= 4 is 0 Å². The first-order valence-electron chi connectivity index (χ1n) is 6.11. The molecule has 5 heteroatoms. The van der Waals surface area contributed by atoms with Crippen molar-refractivity contribution in [3.63, 3.8) is 0 Å². The summed E-state index contributed by atoms with van der Waals surface area (Å²) in [7, 11) is 1.79. The second-order valence-corrected chi connectivity index (χ2v) is 5.04. The van der Waals surface area contributed by atoms with Crippen LogP contribution >= 0.6 is 0 Å². The van der Waals surface area contributed by atoms with Gasteiger partial charge in [0, 0.05) is 6.04 Å². The Hall–Kier alpha value is -0.970. The molecule has 1 N–H and O–H groups in total. The summed E-state index contributed by atoms with van der Waals surface area (Å²) in [6.07, 6.45) is 3.86. The maximum atomic E-state index is 4.16. The predicted octanol–water partition coefficient (Wildman–Crippen LogP) is 1.12. The average molecular weight is 223 g/mol. The predicted molar refractivity (Wildman–Crippen MR) is 61.6 cm³/mol. The Balaban J connectivity index is 1.78. The lowest BCUT2D eigenvalue weighted by atomic mass is 9.79. The minimum atomic E-state index is 0.620. The molecule has 3 unspecified atom stereocenters.